The number of methoxy groups -OCH3 is 5. The van der Waals surface area contributed by atoms with Crippen LogP contribution in [-0.4, -0.2) is 65.7 Å². The molecule has 60 heavy (non-hydrogen) atoms. The molecule has 0 N–H and O–H groups in total. The van der Waals surface area contributed by atoms with Gasteiger partial charge in [0.2, 0.25) is 0 Å². The summed E-state index contributed by atoms with van der Waals surface area (Å²) in [6.45, 7) is 0. The molecule has 0 fully saturated rings. The zero-order valence-electron chi connectivity index (χ0n) is 32.8. The number of carbonyl (C=O) groups excluding carboxylic acids is 5. The van der Waals surface area contributed by atoms with E-state index in [4.69, 9.17) is 42.6 Å². The average Bonchev–Trinajstić information content (AvgIpc) is 3.28. The Labute approximate surface area is 343 Å². The van der Waals surface area contributed by atoms with Gasteiger partial charge in [-0.1, -0.05) is 24.3 Å². The summed E-state index contributed by atoms with van der Waals surface area (Å²) in [5, 5.41) is 0. The van der Waals surface area contributed by atoms with Gasteiger partial charge in [-0.25, -0.2) is 19.2 Å². The van der Waals surface area contributed by atoms with Gasteiger partial charge in [0.25, 0.3) is 0 Å². The highest BCUT2D eigenvalue weighted by molar-refractivity contribution is 6.00. The molecule has 0 aliphatic rings. The summed E-state index contributed by atoms with van der Waals surface area (Å²) in [7, 11) is 7.14. The standard InChI is InChI=1S/C46H36O14/c1-52-38-25-42(56-5)41(55-4)24-37(38)46(51)60-35-20-12-30(13-21-35)44(49)58-33-16-8-28(9-17-33)27-6-14-32(15-7-27)57-43(48)29-10-18-34(19-11-29)59-45(50)36-23-40(54-3)39(53-2)22-31(36)26-47/h6-26H,1-5H3. The van der Waals surface area contributed by atoms with E-state index >= 15 is 0 Å². The topological polar surface area (TPSA) is 168 Å². The lowest BCUT2D eigenvalue weighted by molar-refractivity contribution is 0.0718. The van der Waals surface area contributed by atoms with E-state index in [9.17, 15) is 24.0 Å². The molecule has 0 aliphatic heterocycles. The van der Waals surface area contributed by atoms with E-state index < -0.39 is 23.9 Å². The van der Waals surface area contributed by atoms with E-state index in [1.165, 1.54) is 108 Å². The average molecular weight is 813 g/mol. The van der Waals surface area contributed by atoms with Crippen LogP contribution in [0.1, 0.15) is 51.8 Å². The zero-order valence-corrected chi connectivity index (χ0v) is 32.8. The Morgan fingerprint density at radius 1 is 0.367 bits per heavy atom. The van der Waals surface area contributed by atoms with Crippen LogP contribution in [0.2, 0.25) is 0 Å². The summed E-state index contributed by atoms with van der Waals surface area (Å²) >= 11 is 0. The van der Waals surface area contributed by atoms with Gasteiger partial charge in [-0.05, 0) is 96.1 Å². The van der Waals surface area contributed by atoms with Crippen molar-refractivity contribution in [3.05, 3.63) is 149 Å². The van der Waals surface area contributed by atoms with Gasteiger partial charge in [0.1, 0.15) is 34.3 Å². The van der Waals surface area contributed by atoms with Crippen molar-refractivity contribution in [3.8, 4) is 62.9 Å². The Kier molecular flexibility index (Phi) is 13.1. The molecule has 0 bridgehead atoms. The van der Waals surface area contributed by atoms with Crippen molar-refractivity contribution in [2.45, 2.75) is 0 Å². The highest BCUT2D eigenvalue weighted by Gasteiger charge is 2.21. The third kappa shape index (κ3) is 9.52. The first-order valence-corrected chi connectivity index (χ1v) is 17.9. The van der Waals surface area contributed by atoms with Gasteiger partial charge in [0, 0.05) is 17.7 Å². The second-order valence-corrected chi connectivity index (χ2v) is 12.5. The molecule has 0 aliphatic carbocycles. The number of hydrogen-bond acceptors (Lipinski definition) is 14. The molecule has 6 aromatic carbocycles. The maximum absolute atomic E-state index is 12.9. The number of benzene rings is 6. The van der Waals surface area contributed by atoms with Crippen molar-refractivity contribution in [2.24, 2.45) is 0 Å². The van der Waals surface area contributed by atoms with Crippen LogP contribution < -0.4 is 42.6 Å². The molecule has 0 aromatic heterocycles. The van der Waals surface area contributed by atoms with E-state index in [0.717, 1.165) is 11.1 Å². The normalized spacial score (nSPS) is 10.4. The summed E-state index contributed by atoms with van der Waals surface area (Å²) < 4.78 is 48.2. The van der Waals surface area contributed by atoms with Crippen LogP contribution in [0.3, 0.4) is 0 Å². The Balaban J connectivity index is 1.01. The molecule has 0 atom stereocenters. The van der Waals surface area contributed by atoms with Crippen molar-refractivity contribution in [2.75, 3.05) is 35.5 Å². The fourth-order valence-corrected chi connectivity index (χ4v) is 5.76. The maximum atomic E-state index is 12.9. The monoisotopic (exact) mass is 812 g/mol. The molecule has 0 saturated carbocycles. The predicted octanol–water partition coefficient (Wildman–Crippen LogP) is 8.09. The maximum Gasteiger partial charge on any atom is 0.347 e. The molecular formula is C46H36O14. The first kappa shape index (κ1) is 41.5. The molecule has 0 spiro atoms. The summed E-state index contributed by atoms with van der Waals surface area (Å²) in [6, 6.07) is 30.9. The molecule has 0 amide bonds. The van der Waals surface area contributed by atoms with Crippen molar-refractivity contribution >= 4 is 30.2 Å². The number of carbonyl (C=O) groups is 5. The van der Waals surface area contributed by atoms with Gasteiger partial charge in [-0.3, -0.25) is 4.79 Å². The molecule has 0 saturated heterocycles. The second kappa shape index (κ2) is 18.9. The first-order chi connectivity index (χ1) is 29.1. The lowest BCUT2D eigenvalue weighted by atomic mass is 10.1. The largest absolute Gasteiger partial charge is 0.496 e. The van der Waals surface area contributed by atoms with Gasteiger partial charge >= 0.3 is 23.9 Å². The molecule has 6 rings (SSSR count). The molecule has 14 nitrogen and oxygen atoms in total. The summed E-state index contributed by atoms with van der Waals surface area (Å²) in [6.07, 6.45) is 0.509. The minimum Gasteiger partial charge on any atom is -0.496 e. The second-order valence-electron chi connectivity index (χ2n) is 12.5. The third-order valence-corrected chi connectivity index (χ3v) is 8.89. The Morgan fingerprint density at radius 3 is 1.07 bits per heavy atom. The number of hydrogen-bond donors (Lipinski definition) is 0. The van der Waals surface area contributed by atoms with Crippen molar-refractivity contribution in [1.29, 1.82) is 0 Å². The van der Waals surface area contributed by atoms with E-state index in [1.807, 2.05) is 0 Å². The van der Waals surface area contributed by atoms with Crippen LogP contribution in [0.25, 0.3) is 11.1 Å². The number of esters is 4. The van der Waals surface area contributed by atoms with Gasteiger partial charge in [0.05, 0.1) is 52.2 Å². The van der Waals surface area contributed by atoms with Crippen LogP contribution in [0, 0.1) is 0 Å². The Bertz CT molecular complexity index is 2530. The number of ether oxygens (including phenoxy) is 9. The van der Waals surface area contributed by atoms with Crippen LogP contribution in [0.4, 0.5) is 0 Å². The van der Waals surface area contributed by atoms with E-state index in [1.54, 1.807) is 48.5 Å². The van der Waals surface area contributed by atoms with Gasteiger partial charge in [0.15, 0.2) is 29.3 Å². The van der Waals surface area contributed by atoms with Crippen molar-refractivity contribution < 1.29 is 66.6 Å². The van der Waals surface area contributed by atoms with E-state index in [0.29, 0.717) is 29.3 Å². The lowest BCUT2D eigenvalue weighted by Crippen LogP contribution is -2.12. The highest BCUT2D eigenvalue weighted by atomic mass is 16.6. The van der Waals surface area contributed by atoms with Gasteiger partial charge in [-0.2, -0.15) is 0 Å². The Hall–Kier alpha value is -8.13. The molecule has 0 radical (unpaired) electrons. The fourth-order valence-electron chi connectivity index (χ4n) is 5.76. The molecule has 0 heterocycles. The van der Waals surface area contributed by atoms with E-state index in [-0.39, 0.29) is 56.6 Å². The van der Waals surface area contributed by atoms with Crippen LogP contribution in [0.5, 0.6) is 51.7 Å². The smallest absolute Gasteiger partial charge is 0.347 e. The predicted molar refractivity (Wildman–Crippen MR) is 216 cm³/mol. The van der Waals surface area contributed by atoms with Gasteiger partial charge in [-0.15, -0.1) is 0 Å². The third-order valence-electron chi connectivity index (χ3n) is 8.89. The quantitative estimate of drug-likeness (QED) is 0.0554. The van der Waals surface area contributed by atoms with Crippen molar-refractivity contribution in [3.63, 3.8) is 0 Å². The molecular weight excluding hydrogens is 776 g/mol. The van der Waals surface area contributed by atoms with Gasteiger partial charge < -0.3 is 42.6 Å². The summed E-state index contributed by atoms with van der Waals surface area (Å²) in [5.41, 5.74) is 2.20. The Morgan fingerprint density at radius 2 is 0.683 bits per heavy atom. The summed E-state index contributed by atoms with van der Waals surface area (Å²) in [4.78, 5) is 63.2. The zero-order chi connectivity index (χ0) is 42.8. The first-order valence-electron chi connectivity index (χ1n) is 17.9. The fraction of sp³-hybridized carbons (Fsp3) is 0.109. The van der Waals surface area contributed by atoms with Crippen molar-refractivity contribution in [1.82, 2.24) is 0 Å². The number of rotatable bonds is 15. The van der Waals surface area contributed by atoms with Crippen LogP contribution >= 0.6 is 0 Å². The SMILES string of the molecule is COc1cc(C=O)c(C(=O)Oc2ccc(C(=O)Oc3ccc(-c4ccc(OC(=O)c5ccc(OC(=O)c6cc(OC)c(OC)cc6OC)cc5)cc4)cc3)cc2)cc1OC. The van der Waals surface area contributed by atoms with Crippen LogP contribution in [0.15, 0.2) is 121 Å². The highest BCUT2D eigenvalue weighted by Crippen LogP contribution is 2.36. The minimum atomic E-state index is -0.802. The van der Waals surface area contributed by atoms with E-state index in [2.05, 4.69) is 0 Å². The molecule has 304 valence electrons. The molecule has 6 aromatic rings. The lowest BCUT2D eigenvalue weighted by Gasteiger charge is -2.13. The minimum absolute atomic E-state index is 0.0218. The van der Waals surface area contributed by atoms with Crippen LogP contribution in [-0.2, 0) is 0 Å². The molecule has 0 unspecified atom stereocenters. The summed E-state index contributed by atoms with van der Waals surface area (Å²) in [5.74, 6) is -0.361. The number of aldehydes is 1. The molecule has 14 heteroatoms.